The quantitative estimate of drug-likeness (QED) is 0.791. The molecule has 20 heavy (non-hydrogen) atoms. The first-order valence-corrected chi connectivity index (χ1v) is 6.10. The zero-order valence-electron chi connectivity index (χ0n) is 11.3. The number of carbonyl (C=O) groups is 1. The van der Waals surface area contributed by atoms with Gasteiger partial charge in [0.15, 0.2) is 0 Å². The minimum Gasteiger partial charge on any atom is -0.496 e. The lowest BCUT2D eigenvalue weighted by atomic mass is 10.1. The molecule has 0 unspecified atom stereocenters. The summed E-state index contributed by atoms with van der Waals surface area (Å²) >= 11 is 0. The van der Waals surface area contributed by atoms with Crippen LogP contribution in [0.15, 0.2) is 18.2 Å². The molecule has 6 nitrogen and oxygen atoms in total. The molecule has 0 spiro atoms. The Kier molecular flexibility index (Phi) is 5.86. The fourth-order valence-electron chi connectivity index (χ4n) is 1.74. The number of nitriles is 2. The Morgan fingerprint density at radius 3 is 2.40 bits per heavy atom. The van der Waals surface area contributed by atoms with Crippen molar-refractivity contribution in [2.75, 3.05) is 25.9 Å². The van der Waals surface area contributed by atoms with Crippen LogP contribution in [-0.2, 0) is 0 Å². The Hall–Kier alpha value is -2.73. The van der Waals surface area contributed by atoms with Crippen LogP contribution in [0.5, 0.6) is 5.75 Å². The van der Waals surface area contributed by atoms with Gasteiger partial charge in [-0.3, -0.25) is 4.79 Å². The van der Waals surface area contributed by atoms with E-state index < -0.39 is 0 Å². The van der Waals surface area contributed by atoms with Crippen molar-refractivity contribution >= 4 is 11.6 Å². The molecule has 0 bridgehead atoms. The van der Waals surface area contributed by atoms with Crippen molar-refractivity contribution in [1.82, 2.24) is 4.90 Å². The van der Waals surface area contributed by atoms with Gasteiger partial charge < -0.3 is 15.4 Å². The van der Waals surface area contributed by atoms with Crippen molar-refractivity contribution in [2.24, 2.45) is 0 Å². The number of hydrogen-bond acceptors (Lipinski definition) is 5. The van der Waals surface area contributed by atoms with Gasteiger partial charge in [-0.2, -0.15) is 10.5 Å². The maximum atomic E-state index is 12.4. The van der Waals surface area contributed by atoms with Crippen LogP contribution in [0.25, 0.3) is 0 Å². The third kappa shape index (κ3) is 3.89. The Balaban J connectivity index is 2.99. The summed E-state index contributed by atoms with van der Waals surface area (Å²) in [7, 11) is 1.46. The van der Waals surface area contributed by atoms with Gasteiger partial charge in [-0.05, 0) is 12.1 Å². The Morgan fingerprint density at radius 2 is 1.90 bits per heavy atom. The van der Waals surface area contributed by atoms with E-state index in [0.717, 1.165) is 0 Å². The Labute approximate surface area is 118 Å². The molecular weight excluding hydrogens is 256 g/mol. The van der Waals surface area contributed by atoms with Crippen LogP contribution in [-0.4, -0.2) is 31.0 Å². The highest BCUT2D eigenvalue weighted by atomic mass is 16.5. The average molecular weight is 272 g/mol. The Morgan fingerprint density at radius 1 is 1.30 bits per heavy atom. The van der Waals surface area contributed by atoms with Crippen LogP contribution in [0, 0.1) is 22.7 Å². The maximum absolute atomic E-state index is 12.4. The highest BCUT2D eigenvalue weighted by Crippen LogP contribution is 2.23. The van der Waals surface area contributed by atoms with Gasteiger partial charge in [0.2, 0.25) is 0 Å². The third-order valence-electron chi connectivity index (χ3n) is 2.73. The second-order valence-corrected chi connectivity index (χ2v) is 4.07. The molecule has 0 aliphatic rings. The van der Waals surface area contributed by atoms with Gasteiger partial charge >= 0.3 is 0 Å². The number of nitrogens with zero attached hydrogens (tertiary/aromatic N) is 3. The molecule has 0 heterocycles. The lowest BCUT2D eigenvalue weighted by Gasteiger charge is -2.21. The van der Waals surface area contributed by atoms with Crippen LogP contribution in [0.3, 0.4) is 0 Å². The Bertz CT molecular complexity index is 539. The molecule has 1 amide bonds. The van der Waals surface area contributed by atoms with Gasteiger partial charge in [-0.1, -0.05) is 0 Å². The molecule has 1 rings (SSSR count). The summed E-state index contributed by atoms with van der Waals surface area (Å²) in [5.41, 5.74) is 6.52. The number of carbonyl (C=O) groups excluding carboxylic acids is 1. The predicted octanol–water partition coefficient (Wildman–Crippen LogP) is 1.55. The monoisotopic (exact) mass is 272 g/mol. The van der Waals surface area contributed by atoms with E-state index in [-0.39, 0.29) is 31.8 Å². The maximum Gasteiger partial charge on any atom is 0.257 e. The van der Waals surface area contributed by atoms with E-state index in [2.05, 4.69) is 0 Å². The minimum absolute atomic E-state index is 0.217. The fourth-order valence-corrected chi connectivity index (χ4v) is 1.74. The number of methoxy groups -OCH3 is 1. The number of nitrogens with two attached hydrogens (primary N) is 1. The van der Waals surface area contributed by atoms with Crippen molar-refractivity contribution < 1.29 is 9.53 Å². The number of amides is 1. The second-order valence-electron chi connectivity index (χ2n) is 4.07. The van der Waals surface area contributed by atoms with E-state index in [1.807, 2.05) is 12.1 Å². The molecule has 1 aromatic carbocycles. The predicted molar refractivity (Wildman–Crippen MR) is 73.8 cm³/mol. The molecule has 0 aliphatic carbocycles. The fraction of sp³-hybridized carbons (Fsp3) is 0.357. The second kappa shape index (κ2) is 7.65. The lowest BCUT2D eigenvalue weighted by Crippen LogP contribution is -2.33. The number of rotatable bonds is 6. The SMILES string of the molecule is COc1cc(N)ccc1C(=O)N(CCC#N)CCC#N. The van der Waals surface area contributed by atoms with Crippen LogP contribution < -0.4 is 10.5 Å². The smallest absolute Gasteiger partial charge is 0.257 e. The first-order valence-electron chi connectivity index (χ1n) is 6.10. The highest BCUT2D eigenvalue weighted by molar-refractivity contribution is 5.97. The summed E-state index contributed by atoms with van der Waals surface area (Å²) < 4.78 is 5.15. The van der Waals surface area contributed by atoms with Gasteiger partial charge in [-0.25, -0.2) is 0 Å². The van der Waals surface area contributed by atoms with Crippen molar-refractivity contribution in [3.05, 3.63) is 23.8 Å². The van der Waals surface area contributed by atoms with Gasteiger partial charge in [0, 0.05) is 24.8 Å². The van der Waals surface area contributed by atoms with E-state index in [0.29, 0.717) is 17.0 Å². The van der Waals surface area contributed by atoms with E-state index >= 15 is 0 Å². The van der Waals surface area contributed by atoms with Crippen molar-refractivity contribution in [3.8, 4) is 17.9 Å². The molecule has 0 atom stereocenters. The summed E-state index contributed by atoms with van der Waals surface area (Å²) in [6.45, 7) is 0.565. The van der Waals surface area contributed by atoms with Crippen LogP contribution >= 0.6 is 0 Å². The first kappa shape index (κ1) is 15.3. The minimum atomic E-state index is -0.271. The molecule has 0 aliphatic heterocycles. The first-order chi connectivity index (χ1) is 9.63. The van der Waals surface area contributed by atoms with Crippen molar-refractivity contribution in [1.29, 1.82) is 10.5 Å². The molecular formula is C14H16N4O2. The van der Waals surface area contributed by atoms with Crippen LogP contribution in [0.1, 0.15) is 23.2 Å². The zero-order chi connectivity index (χ0) is 15.0. The van der Waals surface area contributed by atoms with E-state index in [1.54, 1.807) is 18.2 Å². The lowest BCUT2D eigenvalue weighted by molar-refractivity contribution is 0.0759. The molecule has 104 valence electrons. The van der Waals surface area contributed by atoms with Crippen molar-refractivity contribution in [3.63, 3.8) is 0 Å². The average Bonchev–Trinajstić information content (AvgIpc) is 2.46. The molecule has 1 aromatic rings. The summed E-state index contributed by atoms with van der Waals surface area (Å²) in [5.74, 6) is 0.112. The van der Waals surface area contributed by atoms with Gasteiger partial charge in [0.1, 0.15) is 5.75 Å². The van der Waals surface area contributed by atoms with Crippen molar-refractivity contribution in [2.45, 2.75) is 12.8 Å². The topological polar surface area (TPSA) is 103 Å². The number of ether oxygens (including phenoxy) is 1. The van der Waals surface area contributed by atoms with Crippen LogP contribution in [0.4, 0.5) is 5.69 Å². The van der Waals surface area contributed by atoms with Crippen LogP contribution in [0.2, 0.25) is 0 Å². The summed E-state index contributed by atoms with van der Waals surface area (Å²) in [5, 5.41) is 17.3. The molecule has 6 heteroatoms. The largest absolute Gasteiger partial charge is 0.496 e. The number of nitrogen functional groups attached to an aromatic ring is 1. The van der Waals surface area contributed by atoms with Gasteiger partial charge in [0.25, 0.3) is 5.91 Å². The standard InChI is InChI=1S/C14H16N4O2/c1-20-13-10-11(17)4-5-12(13)14(19)18(8-2-6-15)9-3-7-16/h4-5,10H,2-3,8-9,17H2,1H3. The summed E-state index contributed by atoms with van der Waals surface area (Å²) in [6, 6.07) is 8.75. The molecule has 0 saturated heterocycles. The highest BCUT2D eigenvalue weighted by Gasteiger charge is 2.19. The number of benzene rings is 1. The van der Waals surface area contributed by atoms with E-state index in [9.17, 15) is 4.79 Å². The molecule has 2 N–H and O–H groups in total. The molecule has 0 radical (unpaired) electrons. The molecule has 0 saturated carbocycles. The molecule has 0 fully saturated rings. The normalized spacial score (nSPS) is 9.35. The van der Waals surface area contributed by atoms with Gasteiger partial charge in [-0.15, -0.1) is 0 Å². The zero-order valence-corrected chi connectivity index (χ0v) is 11.3. The summed E-state index contributed by atoms with van der Waals surface area (Å²) in [6.07, 6.45) is 0.433. The summed E-state index contributed by atoms with van der Waals surface area (Å²) in [4.78, 5) is 13.9. The molecule has 0 aromatic heterocycles. The third-order valence-corrected chi connectivity index (χ3v) is 2.73. The van der Waals surface area contributed by atoms with Gasteiger partial charge in [0.05, 0.1) is 37.7 Å². The number of hydrogen-bond donors (Lipinski definition) is 1. The number of anilines is 1. The van der Waals surface area contributed by atoms with E-state index in [1.165, 1.54) is 12.0 Å². The van der Waals surface area contributed by atoms with E-state index in [4.69, 9.17) is 21.0 Å².